The minimum atomic E-state index is -0.526. The second kappa shape index (κ2) is 4.57. The predicted molar refractivity (Wildman–Crippen MR) is 64.3 cm³/mol. The maximum Gasteiger partial charge on any atom is 0.325 e. The summed E-state index contributed by atoms with van der Waals surface area (Å²) in [6, 6.07) is 8.49. The highest BCUT2D eigenvalue weighted by Crippen LogP contribution is 2.22. The molecule has 1 heterocycles. The SMILES string of the molecule is CC(C)CN1C(=O)NC(c2ccccc2)C1=O. The molecule has 90 valence electrons. The van der Waals surface area contributed by atoms with Crippen LogP contribution < -0.4 is 5.32 Å². The summed E-state index contributed by atoms with van der Waals surface area (Å²) in [7, 11) is 0. The van der Waals surface area contributed by atoms with Gasteiger partial charge in [0.05, 0.1) is 0 Å². The summed E-state index contributed by atoms with van der Waals surface area (Å²) in [4.78, 5) is 25.1. The van der Waals surface area contributed by atoms with Gasteiger partial charge in [-0.2, -0.15) is 0 Å². The number of hydrogen-bond acceptors (Lipinski definition) is 2. The van der Waals surface area contributed by atoms with Gasteiger partial charge in [0, 0.05) is 6.54 Å². The fraction of sp³-hybridized carbons (Fsp3) is 0.385. The first kappa shape index (κ1) is 11.6. The zero-order valence-electron chi connectivity index (χ0n) is 10.0. The van der Waals surface area contributed by atoms with E-state index in [0.717, 1.165) is 5.56 Å². The van der Waals surface area contributed by atoms with E-state index in [-0.39, 0.29) is 17.9 Å². The largest absolute Gasteiger partial charge is 0.325 e. The van der Waals surface area contributed by atoms with Crippen LogP contribution in [0.5, 0.6) is 0 Å². The normalized spacial score (nSPS) is 19.9. The smallest absolute Gasteiger partial charge is 0.322 e. The highest BCUT2D eigenvalue weighted by molar-refractivity contribution is 6.04. The molecule has 1 atom stereocenters. The van der Waals surface area contributed by atoms with Gasteiger partial charge in [-0.3, -0.25) is 9.69 Å². The Morgan fingerprint density at radius 1 is 1.24 bits per heavy atom. The molecule has 4 heteroatoms. The predicted octanol–water partition coefficient (Wildman–Crippen LogP) is 1.94. The van der Waals surface area contributed by atoms with Crippen LogP contribution in [0.3, 0.4) is 0 Å². The second-order valence-electron chi connectivity index (χ2n) is 4.64. The highest BCUT2D eigenvalue weighted by atomic mass is 16.2. The van der Waals surface area contributed by atoms with Gasteiger partial charge in [0.15, 0.2) is 0 Å². The topological polar surface area (TPSA) is 49.4 Å². The maximum atomic E-state index is 12.1. The third-order valence-corrected chi connectivity index (χ3v) is 2.71. The molecule has 0 saturated carbocycles. The van der Waals surface area contributed by atoms with Crippen LogP contribution in [0.25, 0.3) is 0 Å². The minimum absolute atomic E-state index is 0.157. The molecule has 17 heavy (non-hydrogen) atoms. The average molecular weight is 232 g/mol. The van der Waals surface area contributed by atoms with Gasteiger partial charge in [0.2, 0.25) is 0 Å². The Morgan fingerprint density at radius 2 is 1.88 bits per heavy atom. The van der Waals surface area contributed by atoms with Crippen LogP contribution in [0.4, 0.5) is 4.79 Å². The van der Waals surface area contributed by atoms with E-state index in [1.165, 1.54) is 4.90 Å². The summed E-state index contributed by atoms with van der Waals surface area (Å²) < 4.78 is 0. The summed E-state index contributed by atoms with van der Waals surface area (Å²) in [5.74, 6) is 0.120. The lowest BCUT2D eigenvalue weighted by Crippen LogP contribution is -2.34. The van der Waals surface area contributed by atoms with Crippen LogP contribution in [-0.4, -0.2) is 23.4 Å². The van der Waals surface area contributed by atoms with E-state index in [4.69, 9.17) is 0 Å². The standard InChI is InChI=1S/C13H16N2O2/c1-9(2)8-15-12(16)11(14-13(15)17)10-6-4-3-5-7-10/h3-7,9,11H,8H2,1-2H3,(H,14,17). The van der Waals surface area contributed by atoms with Gasteiger partial charge < -0.3 is 5.32 Å². The third-order valence-electron chi connectivity index (χ3n) is 2.71. The molecule has 0 bridgehead atoms. The van der Waals surface area contributed by atoms with E-state index in [1.54, 1.807) is 0 Å². The lowest BCUT2D eigenvalue weighted by atomic mass is 10.1. The van der Waals surface area contributed by atoms with Crippen molar-refractivity contribution in [1.29, 1.82) is 0 Å². The first-order valence-corrected chi connectivity index (χ1v) is 5.76. The van der Waals surface area contributed by atoms with Crippen LogP contribution in [0.2, 0.25) is 0 Å². The number of benzene rings is 1. The van der Waals surface area contributed by atoms with Crippen molar-refractivity contribution < 1.29 is 9.59 Å². The zero-order valence-corrected chi connectivity index (χ0v) is 10.0. The number of hydrogen-bond donors (Lipinski definition) is 1. The third kappa shape index (κ3) is 2.30. The van der Waals surface area contributed by atoms with Gasteiger partial charge in [-0.25, -0.2) is 4.79 Å². The molecule has 1 fully saturated rings. The molecule has 1 aliphatic rings. The summed E-state index contributed by atoms with van der Waals surface area (Å²) in [5, 5.41) is 2.71. The van der Waals surface area contributed by atoms with Crippen molar-refractivity contribution in [2.45, 2.75) is 19.9 Å². The van der Waals surface area contributed by atoms with E-state index >= 15 is 0 Å². The zero-order chi connectivity index (χ0) is 12.4. The van der Waals surface area contributed by atoms with E-state index < -0.39 is 6.04 Å². The lowest BCUT2D eigenvalue weighted by molar-refractivity contribution is -0.127. The van der Waals surface area contributed by atoms with Crippen LogP contribution in [0.1, 0.15) is 25.5 Å². The van der Waals surface area contributed by atoms with Gasteiger partial charge in [-0.1, -0.05) is 44.2 Å². The summed E-state index contributed by atoms with van der Waals surface area (Å²) >= 11 is 0. The maximum absolute atomic E-state index is 12.1. The van der Waals surface area contributed by atoms with E-state index in [9.17, 15) is 9.59 Å². The highest BCUT2D eigenvalue weighted by Gasteiger charge is 2.38. The van der Waals surface area contributed by atoms with Crippen LogP contribution >= 0.6 is 0 Å². The van der Waals surface area contributed by atoms with Crippen molar-refractivity contribution in [3.8, 4) is 0 Å². The van der Waals surface area contributed by atoms with E-state index in [0.29, 0.717) is 6.54 Å². The molecule has 0 aliphatic carbocycles. The number of carbonyl (C=O) groups excluding carboxylic acids is 2. The van der Waals surface area contributed by atoms with Crippen molar-refractivity contribution in [3.05, 3.63) is 35.9 Å². The van der Waals surface area contributed by atoms with Crippen LogP contribution in [0, 0.1) is 5.92 Å². The fourth-order valence-corrected chi connectivity index (χ4v) is 1.93. The molecule has 1 aromatic carbocycles. The number of carbonyl (C=O) groups is 2. The molecule has 0 spiro atoms. The van der Waals surface area contributed by atoms with Crippen molar-refractivity contribution in [3.63, 3.8) is 0 Å². The number of amides is 3. The first-order chi connectivity index (χ1) is 8.09. The first-order valence-electron chi connectivity index (χ1n) is 5.76. The van der Waals surface area contributed by atoms with Crippen LogP contribution in [0.15, 0.2) is 30.3 Å². The van der Waals surface area contributed by atoms with Crippen molar-refractivity contribution in [2.24, 2.45) is 5.92 Å². The Hall–Kier alpha value is -1.84. The molecule has 2 rings (SSSR count). The van der Waals surface area contributed by atoms with E-state index in [1.807, 2.05) is 44.2 Å². The monoisotopic (exact) mass is 232 g/mol. The van der Waals surface area contributed by atoms with Gasteiger partial charge >= 0.3 is 6.03 Å². The van der Waals surface area contributed by atoms with Crippen molar-refractivity contribution >= 4 is 11.9 Å². The Labute approximate surface area is 101 Å². The quantitative estimate of drug-likeness (QED) is 0.809. The Morgan fingerprint density at radius 3 is 2.47 bits per heavy atom. The molecule has 0 aromatic heterocycles. The fourth-order valence-electron chi connectivity index (χ4n) is 1.93. The minimum Gasteiger partial charge on any atom is -0.322 e. The van der Waals surface area contributed by atoms with Crippen molar-refractivity contribution in [1.82, 2.24) is 10.2 Å². The molecule has 4 nitrogen and oxygen atoms in total. The average Bonchev–Trinajstić information content (AvgIpc) is 2.58. The Balaban J connectivity index is 2.19. The summed E-state index contributed by atoms with van der Waals surface area (Å²) in [5.41, 5.74) is 0.831. The molecule has 0 radical (unpaired) electrons. The Kier molecular flexibility index (Phi) is 3.13. The molecule has 1 aromatic rings. The van der Waals surface area contributed by atoms with Crippen LogP contribution in [-0.2, 0) is 4.79 Å². The van der Waals surface area contributed by atoms with Crippen molar-refractivity contribution in [2.75, 3.05) is 6.54 Å². The van der Waals surface area contributed by atoms with Gasteiger partial charge in [0.1, 0.15) is 6.04 Å². The van der Waals surface area contributed by atoms with E-state index in [2.05, 4.69) is 5.32 Å². The van der Waals surface area contributed by atoms with Gasteiger partial charge in [0.25, 0.3) is 5.91 Å². The Bertz CT molecular complexity index is 428. The summed E-state index contributed by atoms with van der Waals surface area (Å²) in [6.07, 6.45) is 0. The molecule has 1 unspecified atom stereocenters. The molecule has 3 amide bonds. The molecular formula is C13H16N2O2. The number of nitrogens with zero attached hydrogens (tertiary/aromatic N) is 1. The summed E-state index contributed by atoms with van der Waals surface area (Å²) in [6.45, 7) is 4.43. The molecule has 1 aliphatic heterocycles. The lowest BCUT2D eigenvalue weighted by Gasteiger charge is -2.15. The second-order valence-corrected chi connectivity index (χ2v) is 4.64. The van der Waals surface area contributed by atoms with Gasteiger partial charge in [-0.05, 0) is 11.5 Å². The number of urea groups is 1. The number of imide groups is 1. The molecular weight excluding hydrogens is 216 g/mol. The molecule has 1 N–H and O–H groups in total. The molecule has 1 saturated heterocycles. The van der Waals surface area contributed by atoms with Gasteiger partial charge in [-0.15, -0.1) is 0 Å². The number of rotatable bonds is 3. The number of nitrogens with one attached hydrogen (secondary N) is 1.